The highest BCUT2D eigenvalue weighted by Gasteiger charge is 2.25. The number of hydrogen-bond acceptors (Lipinski definition) is 7. The molecule has 0 N–H and O–H groups in total. The van der Waals surface area contributed by atoms with Gasteiger partial charge in [-0.25, -0.2) is 0 Å². The summed E-state index contributed by atoms with van der Waals surface area (Å²) >= 11 is 8.11. The largest absolute Gasteiger partial charge is 0.378 e. The zero-order valence-corrected chi connectivity index (χ0v) is 13.9. The van der Waals surface area contributed by atoms with Crippen LogP contribution in [0.1, 0.15) is 13.8 Å². The molecule has 2 aliphatic heterocycles. The van der Waals surface area contributed by atoms with Gasteiger partial charge in [-0.15, -0.1) is 0 Å². The van der Waals surface area contributed by atoms with Gasteiger partial charge in [0.15, 0.2) is 0 Å². The average molecular weight is 330 g/mol. The number of ether oxygens (including phenoxy) is 1. The van der Waals surface area contributed by atoms with Gasteiger partial charge in [-0.2, -0.15) is 26.7 Å². The van der Waals surface area contributed by atoms with E-state index in [-0.39, 0.29) is 5.28 Å². The number of nitrogens with zero attached hydrogens (tertiary/aromatic N) is 5. The summed E-state index contributed by atoms with van der Waals surface area (Å²) in [6.07, 6.45) is 0. The normalized spacial score (nSPS) is 27.0. The summed E-state index contributed by atoms with van der Waals surface area (Å²) in [4.78, 5) is 17.5. The summed E-state index contributed by atoms with van der Waals surface area (Å²) in [6, 6.07) is 0. The summed E-state index contributed by atoms with van der Waals surface area (Å²) < 4.78 is 5.37. The van der Waals surface area contributed by atoms with Gasteiger partial charge in [0.2, 0.25) is 17.2 Å². The molecule has 6 nitrogen and oxygen atoms in total. The second-order valence-electron chi connectivity index (χ2n) is 5.47. The van der Waals surface area contributed by atoms with E-state index >= 15 is 0 Å². The number of rotatable bonds is 2. The number of halogens is 1. The third kappa shape index (κ3) is 3.70. The maximum atomic E-state index is 6.11. The molecule has 21 heavy (non-hydrogen) atoms. The molecule has 2 atom stereocenters. The third-order valence-corrected chi connectivity index (χ3v) is 4.98. The van der Waals surface area contributed by atoms with Crippen LogP contribution in [0.4, 0.5) is 11.9 Å². The van der Waals surface area contributed by atoms with E-state index < -0.39 is 0 Å². The minimum absolute atomic E-state index is 0.264. The Balaban J connectivity index is 1.83. The highest BCUT2D eigenvalue weighted by molar-refractivity contribution is 8.00. The number of anilines is 2. The van der Waals surface area contributed by atoms with Gasteiger partial charge in [0.25, 0.3) is 0 Å². The lowest BCUT2D eigenvalue weighted by Gasteiger charge is -2.35. The quantitative estimate of drug-likeness (QED) is 0.818. The number of morpholine rings is 1. The van der Waals surface area contributed by atoms with Gasteiger partial charge in [0.1, 0.15) is 0 Å². The fraction of sp³-hybridized carbons (Fsp3) is 0.769. The zero-order valence-electron chi connectivity index (χ0n) is 12.3. The minimum Gasteiger partial charge on any atom is -0.378 e. The van der Waals surface area contributed by atoms with Gasteiger partial charge in [-0.1, -0.05) is 13.8 Å². The van der Waals surface area contributed by atoms with Gasteiger partial charge in [-0.05, 0) is 11.6 Å². The molecule has 2 unspecified atom stereocenters. The monoisotopic (exact) mass is 329 g/mol. The lowest BCUT2D eigenvalue weighted by Crippen LogP contribution is -2.42. The molecule has 0 amide bonds. The average Bonchev–Trinajstić information content (AvgIpc) is 2.46. The van der Waals surface area contributed by atoms with Crippen LogP contribution in [-0.4, -0.2) is 64.8 Å². The van der Waals surface area contributed by atoms with Crippen LogP contribution >= 0.6 is 23.4 Å². The Morgan fingerprint density at radius 3 is 2.19 bits per heavy atom. The van der Waals surface area contributed by atoms with Crippen LogP contribution in [-0.2, 0) is 4.74 Å². The van der Waals surface area contributed by atoms with Crippen molar-refractivity contribution in [1.29, 1.82) is 0 Å². The first kappa shape index (κ1) is 15.1. The summed E-state index contributed by atoms with van der Waals surface area (Å²) in [5.74, 6) is 1.35. The Hall–Kier alpha value is -0.790. The number of aromatic nitrogens is 3. The molecule has 1 aromatic rings. The van der Waals surface area contributed by atoms with Crippen LogP contribution < -0.4 is 9.80 Å². The highest BCUT2D eigenvalue weighted by Crippen LogP contribution is 2.28. The molecule has 0 bridgehead atoms. The Bertz CT molecular complexity index is 489. The molecule has 2 aliphatic rings. The fourth-order valence-electron chi connectivity index (χ4n) is 2.72. The van der Waals surface area contributed by atoms with Crippen molar-refractivity contribution in [3.63, 3.8) is 0 Å². The molecule has 0 spiro atoms. The highest BCUT2D eigenvalue weighted by atomic mass is 35.5. The molecule has 3 heterocycles. The van der Waals surface area contributed by atoms with E-state index in [1.807, 2.05) is 11.8 Å². The molecule has 0 aromatic carbocycles. The van der Waals surface area contributed by atoms with E-state index in [9.17, 15) is 0 Å². The molecule has 3 rings (SSSR count). The fourth-order valence-corrected chi connectivity index (χ4v) is 4.19. The Morgan fingerprint density at radius 1 is 1.00 bits per heavy atom. The third-order valence-electron chi connectivity index (χ3n) is 3.58. The SMILES string of the molecule is CC1CN(c2nc(Cl)nc(N3CCOCC3)n2)CC(C)S1. The molecule has 2 saturated heterocycles. The van der Waals surface area contributed by atoms with Crippen molar-refractivity contribution in [2.24, 2.45) is 0 Å². The molecule has 2 fully saturated rings. The molecular weight excluding hydrogens is 310 g/mol. The maximum Gasteiger partial charge on any atom is 0.231 e. The van der Waals surface area contributed by atoms with Crippen LogP contribution in [0.5, 0.6) is 0 Å². The van der Waals surface area contributed by atoms with Crippen molar-refractivity contribution in [2.45, 2.75) is 24.3 Å². The predicted molar refractivity (Wildman–Crippen MR) is 86.6 cm³/mol. The van der Waals surface area contributed by atoms with Gasteiger partial charge < -0.3 is 14.5 Å². The number of hydrogen-bond donors (Lipinski definition) is 0. The van der Waals surface area contributed by atoms with E-state index in [1.54, 1.807) is 0 Å². The van der Waals surface area contributed by atoms with E-state index in [0.717, 1.165) is 26.2 Å². The standard InChI is InChI=1S/C13H20ClN5OS/c1-9-7-19(8-10(2)21-9)13-16-11(14)15-12(17-13)18-3-5-20-6-4-18/h9-10H,3-8H2,1-2H3. The second-order valence-corrected chi connectivity index (χ2v) is 7.69. The van der Waals surface area contributed by atoms with Crippen molar-refractivity contribution in [2.75, 3.05) is 49.2 Å². The molecule has 0 radical (unpaired) electrons. The summed E-state index contributed by atoms with van der Waals surface area (Å²) in [6.45, 7) is 9.35. The van der Waals surface area contributed by atoms with E-state index in [1.165, 1.54) is 0 Å². The topological polar surface area (TPSA) is 54.4 Å². The van der Waals surface area contributed by atoms with Crippen LogP contribution in [0.25, 0.3) is 0 Å². The minimum atomic E-state index is 0.264. The molecule has 1 aromatic heterocycles. The Morgan fingerprint density at radius 2 is 1.57 bits per heavy atom. The van der Waals surface area contributed by atoms with Crippen LogP contribution in [0.15, 0.2) is 0 Å². The van der Waals surface area contributed by atoms with E-state index in [2.05, 4.69) is 38.6 Å². The lowest BCUT2D eigenvalue weighted by molar-refractivity contribution is 0.122. The van der Waals surface area contributed by atoms with Crippen molar-refractivity contribution in [1.82, 2.24) is 15.0 Å². The Labute approximate surface area is 134 Å². The van der Waals surface area contributed by atoms with Gasteiger partial charge in [0, 0.05) is 36.7 Å². The first-order chi connectivity index (χ1) is 10.1. The maximum absolute atomic E-state index is 6.11. The van der Waals surface area contributed by atoms with Crippen molar-refractivity contribution >= 4 is 35.3 Å². The van der Waals surface area contributed by atoms with Crippen LogP contribution in [0, 0.1) is 0 Å². The predicted octanol–water partition coefficient (Wildman–Crippen LogP) is 1.69. The van der Waals surface area contributed by atoms with Gasteiger partial charge >= 0.3 is 0 Å². The van der Waals surface area contributed by atoms with Gasteiger partial charge in [0.05, 0.1) is 13.2 Å². The summed E-state index contributed by atoms with van der Waals surface area (Å²) in [5.41, 5.74) is 0. The zero-order chi connectivity index (χ0) is 14.8. The molecule has 116 valence electrons. The summed E-state index contributed by atoms with van der Waals surface area (Å²) in [7, 11) is 0. The van der Waals surface area contributed by atoms with Crippen LogP contribution in [0.3, 0.4) is 0 Å². The van der Waals surface area contributed by atoms with E-state index in [0.29, 0.717) is 35.6 Å². The summed E-state index contributed by atoms with van der Waals surface area (Å²) in [5, 5.41) is 1.40. The van der Waals surface area contributed by atoms with E-state index in [4.69, 9.17) is 16.3 Å². The number of thioether (sulfide) groups is 1. The first-order valence-electron chi connectivity index (χ1n) is 7.26. The van der Waals surface area contributed by atoms with Crippen molar-refractivity contribution in [3.05, 3.63) is 5.28 Å². The van der Waals surface area contributed by atoms with Crippen molar-refractivity contribution in [3.8, 4) is 0 Å². The van der Waals surface area contributed by atoms with Crippen molar-refractivity contribution < 1.29 is 4.74 Å². The molecule has 0 saturated carbocycles. The lowest BCUT2D eigenvalue weighted by atomic mass is 10.3. The molecular formula is C13H20ClN5OS. The smallest absolute Gasteiger partial charge is 0.231 e. The first-order valence-corrected chi connectivity index (χ1v) is 8.58. The van der Waals surface area contributed by atoms with Gasteiger partial charge in [-0.3, -0.25) is 0 Å². The molecule has 0 aliphatic carbocycles. The van der Waals surface area contributed by atoms with Crippen LogP contribution in [0.2, 0.25) is 5.28 Å². The second kappa shape index (κ2) is 6.54. The molecule has 8 heteroatoms. The Kier molecular flexibility index (Phi) is 4.71.